The summed E-state index contributed by atoms with van der Waals surface area (Å²) in [5, 5.41) is 0.680. The predicted molar refractivity (Wildman–Crippen MR) is 176 cm³/mol. The van der Waals surface area contributed by atoms with Gasteiger partial charge in [0.15, 0.2) is 0 Å². The van der Waals surface area contributed by atoms with Crippen molar-refractivity contribution in [2.45, 2.75) is 110 Å². The fourth-order valence-corrected chi connectivity index (χ4v) is 8.64. The molecule has 1 aromatic heterocycles. The molecule has 4 aliphatic rings. The SMILES string of the molecule is CCC(=O)N1CCC(C(=O)N(CCCN2[C@@H]3CC[C@H]2CC(n2c(C)nc4c2CCN(C(C)=O)C4)C3)c2ccc(C)c(Cl)c2)CC1. The average molecular weight is 637 g/mol. The molecule has 244 valence electrons. The van der Waals surface area contributed by atoms with Gasteiger partial charge in [0.2, 0.25) is 17.7 Å². The van der Waals surface area contributed by atoms with E-state index in [1.54, 1.807) is 6.92 Å². The van der Waals surface area contributed by atoms with E-state index in [9.17, 15) is 14.4 Å². The molecule has 2 aromatic rings. The van der Waals surface area contributed by atoms with Crippen LogP contribution in [0.2, 0.25) is 5.02 Å². The molecule has 0 radical (unpaired) electrons. The summed E-state index contributed by atoms with van der Waals surface area (Å²) in [5.41, 5.74) is 4.28. The number of aryl methyl sites for hydroxylation is 2. The molecule has 0 N–H and O–H groups in total. The van der Waals surface area contributed by atoms with Crippen LogP contribution in [0.15, 0.2) is 18.2 Å². The van der Waals surface area contributed by atoms with Gasteiger partial charge in [0.05, 0.1) is 12.2 Å². The van der Waals surface area contributed by atoms with Crippen molar-refractivity contribution in [2.75, 3.05) is 37.6 Å². The first-order valence-electron chi connectivity index (χ1n) is 17.1. The van der Waals surface area contributed by atoms with E-state index in [1.165, 1.54) is 18.5 Å². The summed E-state index contributed by atoms with van der Waals surface area (Å²) in [4.78, 5) is 51.6. The Morgan fingerprint density at radius 3 is 2.33 bits per heavy atom. The van der Waals surface area contributed by atoms with Crippen LogP contribution in [-0.4, -0.2) is 86.8 Å². The number of aromatic nitrogens is 2. The largest absolute Gasteiger partial charge is 0.343 e. The zero-order valence-corrected chi connectivity index (χ0v) is 28.2. The van der Waals surface area contributed by atoms with Crippen LogP contribution < -0.4 is 4.90 Å². The van der Waals surface area contributed by atoms with Crippen LogP contribution in [0.4, 0.5) is 5.69 Å². The topological polar surface area (TPSA) is 82.0 Å². The molecule has 6 rings (SSSR count). The third-order valence-corrected chi connectivity index (χ3v) is 11.3. The van der Waals surface area contributed by atoms with Gasteiger partial charge in [0, 0.05) is 92.9 Å². The lowest BCUT2D eigenvalue weighted by atomic mass is 9.94. The normalized spacial score (nSPS) is 23.7. The van der Waals surface area contributed by atoms with Crippen molar-refractivity contribution in [1.29, 1.82) is 0 Å². The molecular weight excluding hydrogens is 588 g/mol. The number of fused-ring (bicyclic) bond motifs is 3. The minimum absolute atomic E-state index is 0.0789. The zero-order valence-electron chi connectivity index (χ0n) is 27.4. The number of nitrogens with zero attached hydrogens (tertiary/aromatic N) is 6. The molecule has 5 heterocycles. The van der Waals surface area contributed by atoms with Crippen LogP contribution in [0.3, 0.4) is 0 Å². The van der Waals surface area contributed by atoms with E-state index in [0.29, 0.717) is 68.6 Å². The number of rotatable bonds is 8. The van der Waals surface area contributed by atoms with E-state index < -0.39 is 0 Å². The smallest absolute Gasteiger partial charge is 0.230 e. The van der Waals surface area contributed by atoms with Crippen molar-refractivity contribution in [2.24, 2.45) is 5.92 Å². The molecule has 0 aliphatic carbocycles. The second-order valence-corrected chi connectivity index (χ2v) is 14.1. The quantitative estimate of drug-likeness (QED) is 0.393. The summed E-state index contributed by atoms with van der Waals surface area (Å²) in [6.07, 6.45) is 8.42. The Morgan fingerprint density at radius 1 is 0.978 bits per heavy atom. The summed E-state index contributed by atoms with van der Waals surface area (Å²) < 4.78 is 2.51. The van der Waals surface area contributed by atoms with E-state index in [0.717, 1.165) is 61.5 Å². The number of benzene rings is 1. The van der Waals surface area contributed by atoms with Crippen LogP contribution in [-0.2, 0) is 27.3 Å². The van der Waals surface area contributed by atoms with Gasteiger partial charge in [-0.25, -0.2) is 4.98 Å². The van der Waals surface area contributed by atoms with Gasteiger partial charge in [-0.3, -0.25) is 19.3 Å². The van der Waals surface area contributed by atoms with Crippen LogP contribution >= 0.6 is 11.6 Å². The number of carbonyl (C=O) groups is 3. The molecule has 3 fully saturated rings. The number of hydrogen-bond acceptors (Lipinski definition) is 5. The van der Waals surface area contributed by atoms with Gasteiger partial charge in [-0.2, -0.15) is 0 Å². The monoisotopic (exact) mass is 636 g/mol. The van der Waals surface area contributed by atoms with E-state index in [-0.39, 0.29) is 23.6 Å². The molecule has 1 unspecified atom stereocenters. The second-order valence-electron chi connectivity index (χ2n) is 13.6. The number of anilines is 1. The highest BCUT2D eigenvalue weighted by atomic mass is 35.5. The Labute approximate surface area is 272 Å². The third-order valence-electron chi connectivity index (χ3n) is 10.9. The molecule has 45 heavy (non-hydrogen) atoms. The molecule has 9 nitrogen and oxygen atoms in total. The molecule has 0 saturated carbocycles. The van der Waals surface area contributed by atoms with Crippen molar-refractivity contribution >= 4 is 35.0 Å². The number of hydrogen-bond donors (Lipinski definition) is 0. The van der Waals surface area contributed by atoms with Gasteiger partial charge in [-0.15, -0.1) is 0 Å². The minimum Gasteiger partial charge on any atom is -0.343 e. The molecule has 10 heteroatoms. The molecule has 0 spiro atoms. The first kappa shape index (κ1) is 32.0. The maximum Gasteiger partial charge on any atom is 0.230 e. The Kier molecular flexibility index (Phi) is 9.57. The van der Waals surface area contributed by atoms with Crippen molar-refractivity contribution in [1.82, 2.24) is 24.3 Å². The molecule has 3 amide bonds. The molecule has 4 aliphatic heterocycles. The third kappa shape index (κ3) is 6.53. The summed E-state index contributed by atoms with van der Waals surface area (Å²) in [6.45, 7) is 12.0. The highest BCUT2D eigenvalue weighted by Crippen LogP contribution is 2.42. The molecule has 3 atom stereocenters. The molecular formula is C35H49ClN6O3. The van der Waals surface area contributed by atoms with Crippen LogP contribution in [0.25, 0.3) is 0 Å². The summed E-state index contributed by atoms with van der Waals surface area (Å²) in [7, 11) is 0. The van der Waals surface area contributed by atoms with Gasteiger partial charge >= 0.3 is 0 Å². The Balaban J connectivity index is 1.10. The molecule has 1 aromatic carbocycles. The van der Waals surface area contributed by atoms with Gasteiger partial charge in [0.25, 0.3) is 0 Å². The van der Waals surface area contributed by atoms with E-state index in [1.807, 2.05) is 46.7 Å². The van der Waals surface area contributed by atoms with Crippen LogP contribution in [0.1, 0.15) is 94.0 Å². The van der Waals surface area contributed by atoms with Crippen molar-refractivity contribution in [3.8, 4) is 0 Å². The van der Waals surface area contributed by atoms with Crippen molar-refractivity contribution in [3.05, 3.63) is 46.0 Å². The lowest BCUT2D eigenvalue weighted by Gasteiger charge is -2.41. The number of halogens is 1. The maximum absolute atomic E-state index is 14.0. The van der Waals surface area contributed by atoms with Gasteiger partial charge in [-0.05, 0) is 76.5 Å². The number of piperidine rings is 2. The highest BCUT2D eigenvalue weighted by Gasteiger charge is 2.42. The number of imidazole rings is 1. The summed E-state index contributed by atoms with van der Waals surface area (Å²) >= 11 is 6.54. The number of likely N-dealkylation sites (tertiary alicyclic amines) is 1. The van der Waals surface area contributed by atoms with Gasteiger partial charge in [-0.1, -0.05) is 24.6 Å². The minimum atomic E-state index is -0.0789. The molecule has 3 saturated heterocycles. The lowest BCUT2D eigenvalue weighted by molar-refractivity contribution is -0.134. The lowest BCUT2D eigenvalue weighted by Crippen LogP contribution is -2.47. The number of carbonyl (C=O) groups excluding carboxylic acids is 3. The highest BCUT2D eigenvalue weighted by molar-refractivity contribution is 6.31. The van der Waals surface area contributed by atoms with Crippen molar-refractivity contribution < 1.29 is 14.4 Å². The first-order valence-corrected chi connectivity index (χ1v) is 17.5. The Bertz CT molecular complexity index is 1420. The van der Waals surface area contributed by atoms with Crippen molar-refractivity contribution in [3.63, 3.8) is 0 Å². The fourth-order valence-electron chi connectivity index (χ4n) is 8.46. The summed E-state index contributed by atoms with van der Waals surface area (Å²) in [5.74, 6) is 1.45. The average Bonchev–Trinajstić information content (AvgIpc) is 3.49. The second kappa shape index (κ2) is 13.4. The fraction of sp³-hybridized carbons (Fsp3) is 0.657. The Morgan fingerprint density at radius 2 is 1.69 bits per heavy atom. The van der Waals surface area contributed by atoms with E-state index in [4.69, 9.17) is 16.6 Å². The standard InChI is InChI=1S/C35H49ClN6O3/c1-5-34(44)38-16-11-26(12-17-38)35(45)41(29-8-7-23(2)31(36)21-29)15-6-14-40-27-9-10-28(40)20-30(19-27)42-24(3)37-32-22-39(25(4)43)18-13-33(32)42/h7-8,21,26-28,30H,5-6,9-20,22H2,1-4H3/t27-,28+,30?. The van der Waals surface area contributed by atoms with E-state index >= 15 is 0 Å². The Hall–Kier alpha value is -2.91. The summed E-state index contributed by atoms with van der Waals surface area (Å²) in [6, 6.07) is 7.50. The predicted octanol–water partition coefficient (Wildman–Crippen LogP) is 5.30. The number of amides is 3. The van der Waals surface area contributed by atoms with Gasteiger partial charge < -0.3 is 19.3 Å². The molecule has 2 bridgehead atoms. The zero-order chi connectivity index (χ0) is 31.8. The van der Waals surface area contributed by atoms with Gasteiger partial charge in [0.1, 0.15) is 5.82 Å². The first-order chi connectivity index (χ1) is 21.6. The van der Waals surface area contributed by atoms with Crippen LogP contribution in [0, 0.1) is 19.8 Å². The van der Waals surface area contributed by atoms with Crippen LogP contribution in [0.5, 0.6) is 0 Å². The van der Waals surface area contributed by atoms with E-state index in [2.05, 4.69) is 16.4 Å². The maximum atomic E-state index is 14.0.